The lowest BCUT2D eigenvalue weighted by atomic mass is 10.2. The number of carbonyl (C=O) groups is 1. The Morgan fingerprint density at radius 3 is 2.14 bits per heavy atom. The van der Waals surface area contributed by atoms with Crippen molar-refractivity contribution in [2.75, 3.05) is 21.3 Å². The highest BCUT2D eigenvalue weighted by Crippen LogP contribution is 2.38. The second kappa shape index (κ2) is 7.00. The summed E-state index contributed by atoms with van der Waals surface area (Å²) in [6, 6.07) is 6.07. The largest absolute Gasteiger partial charge is 0.493 e. The number of ether oxygens (including phenoxy) is 4. The average Bonchev–Trinajstić information content (AvgIpc) is 2.55. The van der Waals surface area contributed by atoms with Gasteiger partial charge in [0.2, 0.25) is 11.6 Å². The summed E-state index contributed by atoms with van der Waals surface area (Å²) < 4.78 is 20.7. The summed E-state index contributed by atoms with van der Waals surface area (Å²) >= 11 is 5.73. The molecule has 22 heavy (non-hydrogen) atoms. The zero-order valence-electron chi connectivity index (χ0n) is 12.3. The Morgan fingerprint density at radius 2 is 1.68 bits per heavy atom. The van der Waals surface area contributed by atoms with Crippen molar-refractivity contribution in [3.05, 3.63) is 41.0 Å². The van der Waals surface area contributed by atoms with Crippen molar-refractivity contribution >= 4 is 17.6 Å². The maximum Gasteiger partial charge on any atom is 0.345 e. The van der Waals surface area contributed by atoms with E-state index in [9.17, 15) is 4.79 Å². The highest BCUT2D eigenvalue weighted by Gasteiger charge is 2.18. The van der Waals surface area contributed by atoms with Crippen LogP contribution < -0.4 is 18.9 Å². The zero-order chi connectivity index (χ0) is 16.1. The molecule has 1 aromatic carbocycles. The lowest BCUT2D eigenvalue weighted by molar-refractivity contribution is 0.0726. The van der Waals surface area contributed by atoms with E-state index < -0.39 is 5.97 Å². The Balaban J connectivity index is 2.31. The van der Waals surface area contributed by atoms with Gasteiger partial charge in [-0.15, -0.1) is 0 Å². The van der Waals surface area contributed by atoms with Crippen molar-refractivity contribution < 1.29 is 23.7 Å². The van der Waals surface area contributed by atoms with Crippen molar-refractivity contribution in [1.29, 1.82) is 0 Å². The van der Waals surface area contributed by atoms with E-state index in [1.807, 2.05) is 0 Å². The molecule has 0 aliphatic rings. The van der Waals surface area contributed by atoms with Crippen molar-refractivity contribution in [2.45, 2.75) is 0 Å². The Bertz CT molecular complexity index is 647. The fourth-order valence-corrected chi connectivity index (χ4v) is 1.89. The van der Waals surface area contributed by atoms with E-state index in [2.05, 4.69) is 4.98 Å². The Morgan fingerprint density at radius 1 is 1.05 bits per heavy atom. The molecule has 0 radical (unpaired) electrons. The first-order valence-corrected chi connectivity index (χ1v) is 6.60. The number of pyridine rings is 1. The predicted octanol–water partition coefficient (Wildman–Crippen LogP) is 2.98. The second-order valence-electron chi connectivity index (χ2n) is 4.12. The molecule has 0 N–H and O–H groups in total. The maximum absolute atomic E-state index is 12.2. The quantitative estimate of drug-likeness (QED) is 0.788. The van der Waals surface area contributed by atoms with Crippen LogP contribution >= 0.6 is 11.6 Å². The number of halogens is 1. The van der Waals surface area contributed by atoms with Gasteiger partial charge in [0, 0.05) is 12.3 Å². The van der Waals surface area contributed by atoms with Crippen LogP contribution in [0.1, 0.15) is 10.4 Å². The lowest BCUT2D eigenvalue weighted by Crippen LogP contribution is -2.10. The molecule has 0 spiro atoms. The molecule has 0 aliphatic heterocycles. The van der Waals surface area contributed by atoms with Crippen LogP contribution in [0.2, 0.25) is 5.02 Å². The summed E-state index contributed by atoms with van der Waals surface area (Å²) in [6.45, 7) is 0. The van der Waals surface area contributed by atoms with E-state index in [1.165, 1.54) is 45.7 Å². The molecule has 0 unspecified atom stereocenters. The fraction of sp³-hybridized carbons (Fsp3) is 0.200. The third-order valence-electron chi connectivity index (χ3n) is 2.80. The van der Waals surface area contributed by atoms with Crippen LogP contribution in [0.15, 0.2) is 30.5 Å². The van der Waals surface area contributed by atoms with E-state index in [1.54, 1.807) is 6.07 Å². The minimum atomic E-state index is -0.603. The molecule has 2 aromatic rings. The van der Waals surface area contributed by atoms with Gasteiger partial charge in [-0.3, -0.25) is 0 Å². The van der Waals surface area contributed by atoms with Crippen molar-refractivity contribution in [3.63, 3.8) is 0 Å². The molecule has 0 amide bonds. The van der Waals surface area contributed by atoms with Crippen molar-refractivity contribution in [1.82, 2.24) is 4.98 Å². The Hall–Kier alpha value is -2.47. The normalized spacial score (nSPS) is 10.0. The van der Waals surface area contributed by atoms with Crippen LogP contribution in [-0.2, 0) is 0 Å². The van der Waals surface area contributed by atoms with Gasteiger partial charge < -0.3 is 18.9 Å². The standard InChI is InChI=1S/C15H14ClNO5/c1-19-11-6-9(7-12(20-2)14(11)21-3)15(18)22-13-5-4-10(16)8-17-13/h4-8H,1-3H3. The van der Waals surface area contributed by atoms with Gasteiger partial charge in [-0.05, 0) is 18.2 Å². The topological polar surface area (TPSA) is 66.9 Å². The van der Waals surface area contributed by atoms with Gasteiger partial charge in [0.05, 0.1) is 31.9 Å². The number of rotatable bonds is 5. The highest BCUT2D eigenvalue weighted by molar-refractivity contribution is 6.30. The fourth-order valence-electron chi connectivity index (χ4n) is 1.78. The number of esters is 1. The first-order chi connectivity index (χ1) is 10.6. The Kier molecular flexibility index (Phi) is 5.06. The molecule has 0 saturated carbocycles. The minimum absolute atomic E-state index is 0.142. The SMILES string of the molecule is COc1cc(C(=O)Oc2ccc(Cl)cn2)cc(OC)c1OC. The van der Waals surface area contributed by atoms with Crippen LogP contribution in [0, 0.1) is 0 Å². The van der Waals surface area contributed by atoms with Crippen molar-refractivity contribution in [3.8, 4) is 23.1 Å². The molecular formula is C15H14ClNO5. The van der Waals surface area contributed by atoms with E-state index in [0.717, 1.165) is 0 Å². The molecule has 7 heteroatoms. The zero-order valence-corrected chi connectivity index (χ0v) is 13.0. The summed E-state index contributed by atoms with van der Waals surface area (Å²) in [5.74, 6) is 0.652. The van der Waals surface area contributed by atoms with Crippen LogP contribution in [0.25, 0.3) is 0 Å². The summed E-state index contributed by atoms with van der Waals surface area (Å²) in [4.78, 5) is 16.1. The second-order valence-corrected chi connectivity index (χ2v) is 4.55. The van der Waals surface area contributed by atoms with Crippen LogP contribution in [0.3, 0.4) is 0 Å². The predicted molar refractivity (Wildman–Crippen MR) is 80.3 cm³/mol. The maximum atomic E-state index is 12.2. The smallest absolute Gasteiger partial charge is 0.345 e. The average molecular weight is 324 g/mol. The van der Waals surface area contributed by atoms with Gasteiger partial charge in [-0.2, -0.15) is 0 Å². The van der Waals surface area contributed by atoms with Crippen LogP contribution in [0.4, 0.5) is 0 Å². The molecule has 0 fully saturated rings. The van der Waals surface area contributed by atoms with Crippen LogP contribution in [0.5, 0.6) is 23.1 Å². The molecule has 1 aromatic heterocycles. The number of carbonyl (C=O) groups excluding carboxylic acids is 1. The van der Waals surface area contributed by atoms with E-state index in [-0.39, 0.29) is 11.4 Å². The summed E-state index contributed by atoms with van der Waals surface area (Å²) in [7, 11) is 4.41. The number of benzene rings is 1. The summed E-state index contributed by atoms with van der Waals surface area (Å²) in [6.07, 6.45) is 1.39. The number of hydrogen-bond acceptors (Lipinski definition) is 6. The molecule has 6 nitrogen and oxygen atoms in total. The van der Waals surface area contributed by atoms with Gasteiger partial charge in [0.25, 0.3) is 0 Å². The first kappa shape index (κ1) is 15.9. The number of nitrogens with zero attached hydrogens (tertiary/aromatic N) is 1. The Labute approximate surface area is 132 Å². The number of methoxy groups -OCH3 is 3. The highest BCUT2D eigenvalue weighted by atomic mass is 35.5. The monoisotopic (exact) mass is 323 g/mol. The third-order valence-corrected chi connectivity index (χ3v) is 3.02. The van der Waals surface area contributed by atoms with E-state index in [4.69, 9.17) is 30.5 Å². The molecule has 0 bridgehead atoms. The molecular weight excluding hydrogens is 310 g/mol. The molecule has 0 aliphatic carbocycles. The molecule has 0 atom stereocenters. The number of hydrogen-bond donors (Lipinski definition) is 0. The van der Waals surface area contributed by atoms with Gasteiger partial charge in [-0.1, -0.05) is 11.6 Å². The summed E-state index contributed by atoms with van der Waals surface area (Å²) in [5.41, 5.74) is 0.242. The third kappa shape index (κ3) is 3.40. The van der Waals surface area contributed by atoms with Crippen LogP contribution in [-0.4, -0.2) is 32.3 Å². The van der Waals surface area contributed by atoms with Gasteiger partial charge in [0.15, 0.2) is 11.5 Å². The summed E-state index contributed by atoms with van der Waals surface area (Å²) in [5, 5.41) is 0.451. The first-order valence-electron chi connectivity index (χ1n) is 6.22. The molecule has 2 rings (SSSR count). The van der Waals surface area contributed by atoms with Gasteiger partial charge in [-0.25, -0.2) is 9.78 Å². The molecule has 0 saturated heterocycles. The van der Waals surface area contributed by atoms with Gasteiger partial charge in [0.1, 0.15) is 0 Å². The number of aromatic nitrogens is 1. The minimum Gasteiger partial charge on any atom is -0.493 e. The van der Waals surface area contributed by atoms with Crippen molar-refractivity contribution in [2.24, 2.45) is 0 Å². The lowest BCUT2D eigenvalue weighted by Gasteiger charge is -2.13. The molecule has 1 heterocycles. The molecule has 116 valence electrons. The van der Waals surface area contributed by atoms with E-state index >= 15 is 0 Å². The van der Waals surface area contributed by atoms with Gasteiger partial charge >= 0.3 is 5.97 Å². The van der Waals surface area contributed by atoms with E-state index in [0.29, 0.717) is 22.3 Å².